The fourth-order valence-electron chi connectivity index (χ4n) is 0.703. The maximum absolute atomic E-state index is 11.8. The van der Waals surface area contributed by atoms with Gasteiger partial charge in [-0.25, -0.2) is 8.78 Å². The highest BCUT2D eigenvalue weighted by atomic mass is 19.3. The Bertz CT molecular complexity index is 142. The van der Waals surface area contributed by atoms with Gasteiger partial charge in [-0.3, -0.25) is 0 Å². The zero-order chi connectivity index (χ0) is 10.5. The third kappa shape index (κ3) is 5.90. The molecule has 0 heterocycles. The van der Waals surface area contributed by atoms with Crippen LogP contribution in [-0.4, -0.2) is 41.4 Å². The van der Waals surface area contributed by atoms with Gasteiger partial charge in [-0.05, 0) is 13.3 Å². The van der Waals surface area contributed by atoms with Crippen molar-refractivity contribution in [3.05, 3.63) is 0 Å². The lowest BCUT2D eigenvalue weighted by atomic mass is 10.0. The zero-order valence-corrected chi connectivity index (χ0v) is 7.93. The summed E-state index contributed by atoms with van der Waals surface area (Å²) >= 11 is 0. The maximum Gasteiger partial charge on any atom is 0.265 e. The lowest BCUT2D eigenvalue weighted by Crippen LogP contribution is -2.41. The van der Waals surface area contributed by atoms with Gasteiger partial charge < -0.3 is 15.5 Å². The van der Waals surface area contributed by atoms with Gasteiger partial charge in [0.25, 0.3) is 6.43 Å². The second-order valence-corrected chi connectivity index (χ2v) is 3.38. The molecule has 3 N–H and O–H groups in total. The zero-order valence-electron chi connectivity index (χ0n) is 7.93. The molecule has 0 aromatic carbocycles. The van der Waals surface area contributed by atoms with Crippen molar-refractivity contribution in [3.8, 4) is 0 Å². The van der Waals surface area contributed by atoms with E-state index in [9.17, 15) is 13.9 Å². The number of hydrogen-bond donors (Lipinski definition) is 3. The van der Waals surface area contributed by atoms with Crippen LogP contribution in [0.1, 0.15) is 20.3 Å². The van der Waals surface area contributed by atoms with Crippen molar-refractivity contribution in [2.24, 2.45) is 0 Å². The average Bonchev–Trinajstić information content (AvgIpc) is 2.04. The largest absolute Gasteiger partial charge is 0.389 e. The molecule has 0 aliphatic heterocycles. The predicted octanol–water partition coefficient (Wildman–Crippen LogP) is 0.363. The quantitative estimate of drug-likeness (QED) is 0.576. The van der Waals surface area contributed by atoms with Gasteiger partial charge in [-0.1, -0.05) is 6.92 Å². The molecule has 0 aromatic heterocycles. The number of alkyl halides is 2. The van der Waals surface area contributed by atoms with E-state index in [4.69, 9.17) is 5.11 Å². The first-order valence-electron chi connectivity index (χ1n) is 4.28. The van der Waals surface area contributed by atoms with Crippen molar-refractivity contribution in [3.63, 3.8) is 0 Å². The molecule has 3 nitrogen and oxygen atoms in total. The number of nitrogens with one attached hydrogen (secondary N) is 1. The molecule has 0 aliphatic carbocycles. The molecule has 2 unspecified atom stereocenters. The summed E-state index contributed by atoms with van der Waals surface area (Å²) < 4.78 is 23.6. The highest BCUT2D eigenvalue weighted by molar-refractivity contribution is 4.74. The van der Waals surface area contributed by atoms with E-state index in [0.717, 1.165) is 0 Å². The third-order valence-corrected chi connectivity index (χ3v) is 1.91. The molecule has 2 atom stereocenters. The van der Waals surface area contributed by atoms with E-state index in [2.05, 4.69) is 5.32 Å². The van der Waals surface area contributed by atoms with Crippen molar-refractivity contribution in [1.82, 2.24) is 5.32 Å². The molecule has 0 rings (SSSR count). The molecule has 0 amide bonds. The molecule has 0 saturated carbocycles. The second-order valence-electron chi connectivity index (χ2n) is 3.38. The Labute approximate surface area is 76.8 Å². The van der Waals surface area contributed by atoms with Gasteiger partial charge in [-0.15, -0.1) is 0 Å². The van der Waals surface area contributed by atoms with Crippen LogP contribution in [0.2, 0.25) is 0 Å². The topological polar surface area (TPSA) is 52.5 Å². The normalized spacial score (nSPS) is 18.7. The lowest BCUT2D eigenvalue weighted by molar-refractivity contribution is -0.00878. The van der Waals surface area contributed by atoms with Gasteiger partial charge in [0.1, 0.15) is 6.10 Å². The van der Waals surface area contributed by atoms with Gasteiger partial charge in [0.05, 0.1) is 5.60 Å². The Balaban J connectivity index is 3.56. The van der Waals surface area contributed by atoms with Crippen LogP contribution in [0.5, 0.6) is 0 Å². The summed E-state index contributed by atoms with van der Waals surface area (Å²) in [7, 11) is 0. The summed E-state index contributed by atoms with van der Waals surface area (Å²) in [6.07, 6.45) is -3.86. The molecule has 0 radical (unpaired) electrons. The van der Waals surface area contributed by atoms with Gasteiger partial charge in [0.2, 0.25) is 0 Å². The molecule has 0 bridgehead atoms. The minimum Gasteiger partial charge on any atom is -0.389 e. The van der Waals surface area contributed by atoms with Crippen LogP contribution in [0.15, 0.2) is 0 Å². The highest BCUT2D eigenvalue weighted by Gasteiger charge is 2.20. The Morgan fingerprint density at radius 2 is 2.00 bits per heavy atom. The van der Waals surface area contributed by atoms with Gasteiger partial charge >= 0.3 is 0 Å². The lowest BCUT2D eigenvalue weighted by Gasteiger charge is -2.22. The van der Waals surface area contributed by atoms with Gasteiger partial charge in [0.15, 0.2) is 0 Å². The second kappa shape index (κ2) is 5.47. The number of aliphatic hydroxyl groups excluding tert-OH is 1. The van der Waals surface area contributed by atoms with E-state index < -0.39 is 18.1 Å². The molecule has 0 aromatic rings. The molecule has 5 heteroatoms. The van der Waals surface area contributed by atoms with Crippen molar-refractivity contribution in [2.75, 3.05) is 13.1 Å². The first-order chi connectivity index (χ1) is 5.89. The van der Waals surface area contributed by atoms with E-state index in [0.29, 0.717) is 6.42 Å². The Kier molecular flexibility index (Phi) is 5.36. The Morgan fingerprint density at radius 3 is 2.38 bits per heavy atom. The van der Waals surface area contributed by atoms with Gasteiger partial charge in [-0.2, -0.15) is 0 Å². The van der Waals surface area contributed by atoms with Crippen LogP contribution in [-0.2, 0) is 0 Å². The highest BCUT2D eigenvalue weighted by Crippen LogP contribution is 2.06. The number of aliphatic hydroxyl groups is 2. The van der Waals surface area contributed by atoms with E-state index in [1.54, 1.807) is 13.8 Å². The van der Waals surface area contributed by atoms with Crippen molar-refractivity contribution >= 4 is 0 Å². The molecule has 80 valence electrons. The molecule has 0 fully saturated rings. The molecule has 0 saturated heterocycles. The summed E-state index contributed by atoms with van der Waals surface area (Å²) in [5.74, 6) is 0. The fourth-order valence-corrected chi connectivity index (χ4v) is 0.703. The number of halogens is 2. The summed E-state index contributed by atoms with van der Waals surface area (Å²) in [6.45, 7) is 3.40. The summed E-state index contributed by atoms with van der Waals surface area (Å²) in [6, 6.07) is 0. The molecular weight excluding hydrogens is 180 g/mol. The fraction of sp³-hybridized carbons (Fsp3) is 1.00. The molecule has 13 heavy (non-hydrogen) atoms. The summed E-state index contributed by atoms with van der Waals surface area (Å²) in [5, 5.41) is 20.7. The minimum atomic E-state index is -2.74. The van der Waals surface area contributed by atoms with Crippen LogP contribution in [0.4, 0.5) is 8.78 Å². The van der Waals surface area contributed by atoms with Crippen LogP contribution < -0.4 is 5.32 Å². The SMILES string of the molecule is CCC(C)(O)CNCC(O)C(F)F. The van der Waals surface area contributed by atoms with Crippen molar-refractivity contribution < 1.29 is 19.0 Å². The van der Waals surface area contributed by atoms with E-state index in [1.807, 2.05) is 0 Å². The maximum atomic E-state index is 11.8. The molecular formula is C8H17F2NO2. The van der Waals surface area contributed by atoms with E-state index in [-0.39, 0.29) is 13.1 Å². The first kappa shape index (κ1) is 12.7. The van der Waals surface area contributed by atoms with Gasteiger partial charge in [0, 0.05) is 13.1 Å². The predicted molar refractivity (Wildman–Crippen MR) is 45.8 cm³/mol. The minimum absolute atomic E-state index is 0.201. The Morgan fingerprint density at radius 1 is 1.46 bits per heavy atom. The van der Waals surface area contributed by atoms with Crippen LogP contribution in [0, 0.1) is 0 Å². The van der Waals surface area contributed by atoms with Crippen molar-refractivity contribution in [1.29, 1.82) is 0 Å². The average molecular weight is 197 g/mol. The number of hydrogen-bond acceptors (Lipinski definition) is 3. The van der Waals surface area contributed by atoms with Crippen molar-refractivity contribution in [2.45, 2.75) is 38.4 Å². The summed E-state index contributed by atoms with van der Waals surface area (Å²) in [5.41, 5.74) is -0.901. The smallest absolute Gasteiger partial charge is 0.265 e. The first-order valence-corrected chi connectivity index (χ1v) is 4.28. The van der Waals surface area contributed by atoms with E-state index in [1.165, 1.54) is 0 Å². The summed E-state index contributed by atoms with van der Waals surface area (Å²) in [4.78, 5) is 0. The van der Waals surface area contributed by atoms with Crippen LogP contribution >= 0.6 is 0 Å². The molecule has 0 spiro atoms. The third-order valence-electron chi connectivity index (χ3n) is 1.91. The number of rotatable bonds is 6. The monoisotopic (exact) mass is 197 g/mol. The van der Waals surface area contributed by atoms with E-state index >= 15 is 0 Å². The van der Waals surface area contributed by atoms with Crippen LogP contribution in [0.3, 0.4) is 0 Å². The Hall–Kier alpha value is -0.260. The standard InChI is InChI=1S/C8H17F2NO2/c1-3-8(2,13)5-11-4-6(12)7(9)10/h6-7,11-13H,3-5H2,1-2H3. The molecule has 0 aliphatic rings. The van der Waals surface area contributed by atoms with Crippen LogP contribution in [0.25, 0.3) is 0 Å².